The molecule has 0 saturated carbocycles. The van der Waals surface area contributed by atoms with Gasteiger partial charge in [0.15, 0.2) is 0 Å². The Bertz CT molecular complexity index is 886. The Morgan fingerprint density at radius 1 is 0.833 bits per heavy atom. The van der Waals surface area contributed by atoms with E-state index in [0.29, 0.717) is 35.8 Å². The number of amides is 2. The van der Waals surface area contributed by atoms with E-state index in [4.69, 9.17) is 9.47 Å². The molecule has 0 aliphatic carbocycles. The van der Waals surface area contributed by atoms with Gasteiger partial charge in [0.25, 0.3) is 0 Å². The summed E-state index contributed by atoms with van der Waals surface area (Å²) in [6.07, 6.45) is 2.78. The monoisotopic (exact) mass is 538 g/mol. The van der Waals surface area contributed by atoms with Gasteiger partial charge in [-0.25, -0.2) is 10.9 Å². The maximum Gasteiger partial charge on any atom is 0.331 e. The molecular formula is C20H20Br2N4O4. The summed E-state index contributed by atoms with van der Waals surface area (Å²) in [4.78, 5) is 23.8. The molecule has 30 heavy (non-hydrogen) atoms. The minimum absolute atomic E-state index is 0.484. The van der Waals surface area contributed by atoms with Gasteiger partial charge in [-0.1, -0.05) is 31.9 Å². The van der Waals surface area contributed by atoms with E-state index in [2.05, 4.69) is 52.9 Å². The fraction of sp³-hybridized carbons (Fsp3) is 0.200. The number of rotatable bonds is 8. The lowest BCUT2D eigenvalue weighted by molar-refractivity contribution is -0.139. The standard InChI is InChI=1S/C20H20Br2N4O4/c1-3-29-17-7-5-15(21)9-13(17)11-23-25-19(27)20(28)26-24-12-14-10-16(22)6-8-18(14)30-4-2/h5-12H,3-4H2,1-2H3,(H,25,27)(H,26,28)/b23-11+,24-12+. The first-order valence-electron chi connectivity index (χ1n) is 8.95. The van der Waals surface area contributed by atoms with E-state index in [0.717, 1.165) is 8.95 Å². The van der Waals surface area contributed by atoms with Crippen LogP contribution in [0, 0.1) is 0 Å². The first kappa shape index (κ1) is 23.6. The van der Waals surface area contributed by atoms with E-state index >= 15 is 0 Å². The highest BCUT2D eigenvalue weighted by Gasteiger charge is 2.12. The van der Waals surface area contributed by atoms with E-state index in [1.807, 2.05) is 26.0 Å². The average Bonchev–Trinajstić information content (AvgIpc) is 2.72. The Morgan fingerprint density at radius 2 is 1.23 bits per heavy atom. The molecule has 0 aromatic heterocycles. The molecule has 0 atom stereocenters. The fourth-order valence-corrected chi connectivity index (χ4v) is 2.99. The molecule has 0 heterocycles. The van der Waals surface area contributed by atoms with Crippen LogP contribution in [0.25, 0.3) is 0 Å². The van der Waals surface area contributed by atoms with Gasteiger partial charge >= 0.3 is 11.8 Å². The third-order valence-electron chi connectivity index (χ3n) is 3.49. The predicted octanol–water partition coefficient (Wildman–Crippen LogP) is 3.61. The number of carbonyl (C=O) groups is 2. The number of carbonyl (C=O) groups excluding carboxylic acids is 2. The molecule has 2 N–H and O–H groups in total. The number of nitrogens with one attached hydrogen (secondary N) is 2. The zero-order chi connectivity index (χ0) is 21.9. The molecule has 0 bridgehead atoms. The van der Waals surface area contributed by atoms with E-state index < -0.39 is 11.8 Å². The highest BCUT2D eigenvalue weighted by atomic mass is 79.9. The van der Waals surface area contributed by atoms with Crippen LogP contribution < -0.4 is 20.3 Å². The summed E-state index contributed by atoms with van der Waals surface area (Å²) in [5.74, 6) is -0.718. The maximum absolute atomic E-state index is 11.9. The molecule has 0 saturated heterocycles. The molecule has 0 unspecified atom stereocenters. The number of hydrogen-bond donors (Lipinski definition) is 2. The Kier molecular flexibility index (Phi) is 9.49. The second-order valence-corrected chi connectivity index (χ2v) is 7.46. The van der Waals surface area contributed by atoms with Crippen molar-refractivity contribution in [3.05, 3.63) is 56.5 Å². The highest BCUT2D eigenvalue weighted by molar-refractivity contribution is 9.10. The molecule has 10 heteroatoms. The second kappa shape index (κ2) is 12.1. The summed E-state index contributed by atoms with van der Waals surface area (Å²) in [6, 6.07) is 10.8. The van der Waals surface area contributed by atoms with Crippen molar-refractivity contribution in [2.75, 3.05) is 13.2 Å². The van der Waals surface area contributed by atoms with E-state index in [9.17, 15) is 9.59 Å². The summed E-state index contributed by atoms with van der Waals surface area (Å²) < 4.78 is 12.6. The van der Waals surface area contributed by atoms with Gasteiger partial charge in [-0.2, -0.15) is 10.2 Å². The summed E-state index contributed by atoms with van der Waals surface area (Å²) in [5, 5.41) is 7.60. The number of hydrazone groups is 2. The topological polar surface area (TPSA) is 101 Å². The lowest BCUT2D eigenvalue weighted by Crippen LogP contribution is -2.35. The van der Waals surface area contributed by atoms with Crippen molar-refractivity contribution in [3.8, 4) is 11.5 Å². The first-order chi connectivity index (χ1) is 14.4. The Hall–Kier alpha value is -2.72. The van der Waals surface area contributed by atoms with Crippen molar-refractivity contribution in [3.63, 3.8) is 0 Å². The zero-order valence-electron chi connectivity index (χ0n) is 16.3. The smallest absolute Gasteiger partial charge is 0.331 e. The normalized spacial score (nSPS) is 10.9. The van der Waals surface area contributed by atoms with Crippen LogP contribution in [-0.2, 0) is 9.59 Å². The van der Waals surface area contributed by atoms with Gasteiger partial charge in [-0.05, 0) is 50.2 Å². The molecule has 2 aromatic carbocycles. The van der Waals surface area contributed by atoms with Crippen molar-refractivity contribution in [1.29, 1.82) is 0 Å². The summed E-state index contributed by atoms with van der Waals surface area (Å²) in [7, 11) is 0. The summed E-state index contributed by atoms with van der Waals surface area (Å²) >= 11 is 6.72. The first-order valence-corrected chi connectivity index (χ1v) is 10.5. The van der Waals surface area contributed by atoms with Gasteiger partial charge in [-0.15, -0.1) is 0 Å². The third-order valence-corrected chi connectivity index (χ3v) is 4.48. The second-order valence-electron chi connectivity index (χ2n) is 5.63. The Labute approximate surface area is 191 Å². The number of ether oxygens (including phenoxy) is 2. The van der Waals surface area contributed by atoms with Crippen molar-refractivity contribution >= 4 is 56.1 Å². The van der Waals surface area contributed by atoms with Crippen LogP contribution in [-0.4, -0.2) is 37.5 Å². The molecule has 2 rings (SSSR count). The van der Waals surface area contributed by atoms with Crippen LogP contribution >= 0.6 is 31.9 Å². The van der Waals surface area contributed by atoms with E-state index in [-0.39, 0.29) is 0 Å². The van der Waals surface area contributed by atoms with E-state index in [1.165, 1.54) is 12.4 Å². The van der Waals surface area contributed by atoms with Crippen LogP contribution in [0.3, 0.4) is 0 Å². The number of halogens is 2. The molecule has 0 aliphatic heterocycles. The third kappa shape index (κ3) is 7.27. The molecule has 2 aromatic rings. The molecule has 0 spiro atoms. The predicted molar refractivity (Wildman–Crippen MR) is 122 cm³/mol. The quantitative estimate of drug-likeness (QED) is 0.304. The van der Waals surface area contributed by atoms with Gasteiger partial charge in [-0.3, -0.25) is 9.59 Å². The number of hydrogen-bond acceptors (Lipinski definition) is 6. The van der Waals surface area contributed by atoms with Crippen LogP contribution in [0.15, 0.2) is 55.5 Å². The van der Waals surface area contributed by atoms with Crippen LogP contribution in [0.4, 0.5) is 0 Å². The molecular weight excluding hydrogens is 520 g/mol. The largest absolute Gasteiger partial charge is 0.493 e. The SMILES string of the molecule is CCOc1ccc(Br)cc1/C=N/NC(=O)C(=O)N/N=C/c1cc(Br)ccc1OCC. The van der Waals surface area contributed by atoms with Crippen LogP contribution in [0.5, 0.6) is 11.5 Å². The van der Waals surface area contributed by atoms with Crippen molar-refractivity contribution in [2.45, 2.75) is 13.8 Å². The summed E-state index contributed by atoms with van der Waals surface area (Å²) in [6.45, 7) is 4.69. The molecule has 0 radical (unpaired) electrons. The van der Waals surface area contributed by atoms with Gasteiger partial charge in [0.05, 0.1) is 25.6 Å². The van der Waals surface area contributed by atoms with Crippen molar-refractivity contribution in [1.82, 2.24) is 10.9 Å². The van der Waals surface area contributed by atoms with Crippen molar-refractivity contribution < 1.29 is 19.1 Å². The van der Waals surface area contributed by atoms with Gasteiger partial charge in [0.2, 0.25) is 0 Å². The molecule has 8 nitrogen and oxygen atoms in total. The van der Waals surface area contributed by atoms with Gasteiger partial charge in [0.1, 0.15) is 11.5 Å². The molecule has 0 aliphatic rings. The average molecular weight is 540 g/mol. The van der Waals surface area contributed by atoms with Crippen LogP contribution in [0.1, 0.15) is 25.0 Å². The van der Waals surface area contributed by atoms with Crippen LogP contribution in [0.2, 0.25) is 0 Å². The minimum Gasteiger partial charge on any atom is -0.493 e. The lowest BCUT2D eigenvalue weighted by atomic mass is 10.2. The Balaban J connectivity index is 1.95. The maximum atomic E-state index is 11.9. The highest BCUT2D eigenvalue weighted by Crippen LogP contribution is 2.22. The van der Waals surface area contributed by atoms with E-state index in [1.54, 1.807) is 24.3 Å². The summed E-state index contributed by atoms with van der Waals surface area (Å²) in [5.41, 5.74) is 5.58. The van der Waals surface area contributed by atoms with Crippen molar-refractivity contribution in [2.24, 2.45) is 10.2 Å². The molecule has 158 valence electrons. The molecule has 0 fully saturated rings. The number of benzene rings is 2. The fourth-order valence-electron chi connectivity index (χ4n) is 2.24. The Morgan fingerprint density at radius 3 is 1.60 bits per heavy atom. The van der Waals surface area contributed by atoms with Gasteiger partial charge in [0, 0.05) is 20.1 Å². The lowest BCUT2D eigenvalue weighted by Gasteiger charge is -2.07. The van der Waals surface area contributed by atoms with Gasteiger partial charge < -0.3 is 9.47 Å². The molecule has 2 amide bonds. The minimum atomic E-state index is -0.962. The number of nitrogens with zero attached hydrogens (tertiary/aromatic N) is 2. The zero-order valence-corrected chi connectivity index (χ0v) is 19.5.